The molecule has 2 bridgehead atoms. The van der Waals surface area contributed by atoms with Crippen LogP contribution in [0.3, 0.4) is 0 Å². The van der Waals surface area contributed by atoms with Crippen LogP contribution in [0.15, 0.2) is 12.4 Å². The smallest absolute Gasteiger partial charge is 0.149 e. The van der Waals surface area contributed by atoms with Crippen LogP contribution in [0.1, 0.15) is 32.6 Å². The number of anilines is 2. The number of nitrogens with one attached hydrogen (secondary N) is 1. The maximum absolute atomic E-state index is 4.72. The third-order valence-electron chi connectivity index (χ3n) is 4.65. The fourth-order valence-electron chi connectivity index (χ4n) is 3.36. The summed E-state index contributed by atoms with van der Waals surface area (Å²) in [5.74, 6) is 1.92. The van der Waals surface area contributed by atoms with E-state index in [0.717, 1.165) is 43.7 Å². The summed E-state index contributed by atoms with van der Waals surface area (Å²) in [4.78, 5) is 14.0. The standard InChI is InChI=1S/C15H25N5/c1-3-7-17-14-9-16-10-15(18-14)20-8-6-12-4-5-13(11-20)19(12)2/h9-10,12-13H,3-8,11H2,1-2H3,(H,17,18). The first-order valence-corrected chi connectivity index (χ1v) is 7.80. The first-order valence-electron chi connectivity index (χ1n) is 7.80. The molecule has 2 aliphatic rings. The van der Waals surface area contributed by atoms with Crippen molar-refractivity contribution < 1.29 is 0 Å². The van der Waals surface area contributed by atoms with E-state index in [-0.39, 0.29) is 0 Å². The van der Waals surface area contributed by atoms with Crippen LogP contribution >= 0.6 is 0 Å². The summed E-state index contributed by atoms with van der Waals surface area (Å²) in [6.07, 6.45) is 8.73. The highest BCUT2D eigenvalue weighted by atomic mass is 15.3. The molecule has 2 unspecified atom stereocenters. The lowest BCUT2D eigenvalue weighted by Crippen LogP contribution is -2.37. The average Bonchev–Trinajstić information content (AvgIpc) is 2.70. The number of fused-ring (bicyclic) bond motifs is 2. The van der Waals surface area contributed by atoms with Gasteiger partial charge in [-0.05, 0) is 32.7 Å². The molecule has 110 valence electrons. The Balaban J connectivity index is 1.72. The molecule has 1 N–H and O–H groups in total. The highest BCUT2D eigenvalue weighted by Crippen LogP contribution is 2.30. The van der Waals surface area contributed by atoms with Gasteiger partial charge >= 0.3 is 0 Å². The largest absolute Gasteiger partial charge is 0.369 e. The molecule has 0 aliphatic carbocycles. The van der Waals surface area contributed by atoms with Crippen LogP contribution < -0.4 is 10.2 Å². The predicted octanol–water partition coefficient (Wildman–Crippen LogP) is 1.97. The minimum atomic E-state index is 0.677. The Morgan fingerprint density at radius 2 is 2.10 bits per heavy atom. The van der Waals surface area contributed by atoms with Gasteiger partial charge in [0.1, 0.15) is 11.6 Å². The van der Waals surface area contributed by atoms with Gasteiger partial charge in [-0.2, -0.15) is 0 Å². The van der Waals surface area contributed by atoms with E-state index in [1.807, 2.05) is 12.4 Å². The van der Waals surface area contributed by atoms with Gasteiger partial charge in [0.05, 0.1) is 12.4 Å². The number of aromatic nitrogens is 2. The van der Waals surface area contributed by atoms with Crippen LogP contribution in [0.5, 0.6) is 0 Å². The molecule has 0 aromatic carbocycles. The Kier molecular flexibility index (Phi) is 4.05. The maximum Gasteiger partial charge on any atom is 0.149 e. The van der Waals surface area contributed by atoms with Crippen molar-refractivity contribution in [2.24, 2.45) is 0 Å². The molecule has 0 amide bonds. The molecule has 1 aromatic heterocycles. The van der Waals surface area contributed by atoms with Crippen molar-refractivity contribution in [1.29, 1.82) is 0 Å². The zero-order valence-electron chi connectivity index (χ0n) is 12.5. The quantitative estimate of drug-likeness (QED) is 0.910. The molecule has 2 fully saturated rings. The molecule has 5 nitrogen and oxygen atoms in total. The summed E-state index contributed by atoms with van der Waals surface area (Å²) in [7, 11) is 2.27. The summed E-state index contributed by atoms with van der Waals surface area (Å²) in [6.45, 7) is 5.29. The molecule has 2 saturated heterocycles. The van der Waals surface area contributed by atoms with Crippen LogP contribution in [-0.4, -0.2) is 53.6 Å². The monoisotopic (exact) mass is 275 g/mol. The molecular formula is C15H25N5. The summed E-state index contributed by atoms with van der Waals surface area (Å²) in [6, 6.07) is 1.44. The molecule has 20 heavy (non-hydrogen) atoms. The van der Waals surface area contributed by atoms with Gasteiger partial charge in [0.15, 0.2) is 0 Å². The van der Waals surface area contributed by atoms with Gasteiger partial charge < -0.3 is 10.2 Å². The first-order chi connectivity index (χ1) is 9.78. The SMILES string of the molecule is CCCNc1cncc(N2CCC3CCC(C2)N3C)n1. The van der Waals surface area contributed by atoms with E-state index in [1.54, 1.807) is 0 Å². The van der Waals surface area contributed by atoms with Gasteiger partial charge in [0.25, 0.3) is 0 Å². The highest BCUT2D eigenvalue weighted by Gasteiger charge is 2.34. The molecule has 5 heteroatoms. The number of rotatable bonds is 4. The van der Waals surface area contributed by atoms with Gasteiger partial charge in [0.2, 0.25) is 0 Å². The molecular weight excluding hydrogens is 250 g/mol. The minimum absolute atomic E-state index is 0.677. The van der Waals surface area contributed by atoms with E-state index in [2.05, 4.69) is 34.1 Å². The average molecular weight is 275 g/mol. The van der Waals surface area contributed by atoms with Crippen LogP contribution in [0.2, 0.25) is 0 Å². The molecule has 3 rings (SSSR count). The Bertz CT molecular complexity index is 450. The van der Waals surface area contributed by atoms with Crippen molar-refractivity contribution in [3.63, 3.8) is 0 Å². The molecule has 2 atom stereocenters. The number of likely N-dealkylation sites (N-methyl/N-ethyl adjacent to an activating group) is 1. The fourth-order valence-corrected chi connectivity index (χ4v) is 3.36. The molecule has 0 radical (unpaired) electrons. The van der Waals surface area contributed by atoms with E-state index in [9.17, 15) is 0 Å². The van der Waals surface area contributed by atoms with Crippen molar-refractivity contribution in [3.05, 3.63) is 12.4 Å². The van der Waals surface area contributed by atoms with E-state index < -0.39 is 0 Å². The normalized spacial score (nSPS) is 26.6. The molecule has 1 aromatic rings. The lowest BCUT2D eigenvalue weighted by Gasteiger charge is -2.26. The van der Waals surface area contributed by atoms with Gasteiger partial charge in [-0.3, -0.25) is 9.88 Å². The van der Waals surface area contributed by atoms with Gasteiger partial charge in [-0.1, -0.05) is 6.92 Å². The third-order valence-corrected chi connectivity index (χ3v) is 4.65. The highest BCUT2D eigenvalue weighted by molar-refractivity contribution is 5.44. The molecule has 3 heterocycles. The Hall–Kier alpha value is -1.36. The van der Waals surface area contributed by atoms with Gasteiger partial charge in [-0.25, -0.2) is 4.98 Å². The molecule has 2 aliphatic heterocycles. The zero-order chi connectivity index (χ0) is 13.9. The summed E-state index contributed by atoms with van der Waals surface area (Å²) in [5, 5.41) is 3.32. The second-order valence-electron chi connectivity index (χ2n) is 5.97. The van der Waals surface area contributed by atoms with Crippen molar-refractivity contribution in [2.75, 3.05) is 36.9 Å². The second-order valence-corrected chi connectivity index (χ2v) is 5.97. The van der Waals surface area contributed by atoms with Crippen molar-refractivity contribution in [3.8, 4) is 0 Å². The van der Waals surface area contributed by atoms with E-state index in [1.165, 1.54) is 19.3 Å². The maximum atomic E-state index is 4.72. The van der Waals surface area contributed by atoms with E-state index in [4.69, 9.17) is 4.98 Å². The van der Waals surface area contributed by atoms with E-state index >= 15 is 0 Å². The summed E-state index contributed by atoms with van der Waals surface area (Å²) >= 11 is 0. The summed E-state index contributed by atoms with van der Waals surface area (Å²) < 4.78 is 0. The van der Waals surface area contributed by atoms with Gasteiger partial charge in [0, 0.05) is 31.7 Å². The number of hydrogen-bond acceptors (Lipinski definition) is 5. The Labute approximate surface area is 121 Å². The van der Waals surface area contributed by atoms with Crippen LogP contribution in [0, 0.1) is 0 Å². The molecule has 0 spiro atoms. The van der Waals surface area contributed by atoms with Crippen LogP contribution in [0.4, 0.5) is 11.6 Å². The minimum Gasteiger partial charge on any atom is -0.369 e. The van der Waals surface area contributed by atoms with Crippen LogP contribution in [-0.2, 0) is 0 Å². The first kappa shape index (κ1) is 13.6. The second kappa shape index (κ2) is 5.95. The zero-order valence-corrected chi connectivity index (χ0v) is 12.5. The topological polar surface area (TPSA) is 44.3 Å². The van der Waals surface area contributed by atoms with E-state index in [0.29, 0.717) is 6.04 Å². The van der Waals surface area contributed by atoms with Crippen molar-refractivity contribution in [2.45, 2.75) is 44.7 Å². The third kappa shape index (κ3) is 2.73. The van der Waals surface area contributed by atoms with Gasteiger partial charge in [-0.15, -0.1) is 0 Å². The van der Waals surface area contributed by atoms with Crippen LogP contribution in [0.25, 0.3) is 0 Å². The molecule has 0 saturated carbocycles. The Morgan fingerprint density at radius 3 is 2.95 bits per heavy atom. The Morgan fingerprint density at radius 1 is 1.25 bits per heavy atom. The fraction of sp³-hybridized carbons (Fsp3) is 0.733. The summed E-state index contributed by atoms with van der Waals surface area (Å²) in [5.41, 5.74) is 0. The number of nitrogens with zero attached hydrogens (tertiary/aromatic N) is 4. The van der Waals surface area contributed by atoms with Crippen molar-refractivity contribution >= 4 is 11.6 Å². The van der Waals surface area contributed by atoms with Crippen molar-refractivity contribution in [1.82, 2.24) is 14.9 Å². The lowest BCUT2D eigenvalue weighted by molar-refractivity contribution is 0.254. The number of hydrogen-bond donors (Lipinski definition) is 1. The lowest BCUT2D eigenvalue weighted by atomic mass is 10.1. The predicted molar refractivity (Wildman–Crippen MR) is 82.2 cm³/mol.